The molecule has 2 N–H and O–H groups in total. The number of nitrogens with two attached hydrogens (primary N) is 1. The van der Waals surface area contributed by atoms with Crippen molar-refractivity contribution >= 4 is 22.9 Å². The van der Waals surface area contributed by atoms with Crippen LogP contribution >= 0.6 is 11.6 Å². The van der Waals surface area contributed by atoms with Crippen LogP contribution in [0.25, 0.3) is 5.65 Å². The van der Waals surface area contributed by atoms with Gasteiger partial charge in [0.1, 0.15) is 25.2 Å². The number of nitrogens with zero attached hydrogens (tertiary/aromatic N) is 4. The normalized spacial score (nSPS) is 11.4. The summed E-state index contributed by atoms with van der Waals surface area (Å²) in [5, 5.41) is 7.64. The molecule has 0 bridgehead atoms. The number of anilines is 1. The van der Waals surface area contributed by atoms with E-state index in [1.54, 1.807) is 0 Å². The highest BCUT2D eigenvalue weighted by atomic mass is 35.5. The molecule has 0 aliphatic rings. The van der Waals surface area contributed by atoms with Crippen LogP contribution in [0, 0.1) is 0 Å². The number of nitrogen functional groups attached to an aromatic ring is 1. The topological polar surface area (TPSA) is 87.6 Å². The Kier molecular flexibility index (Phi) is 4.27. The lowest BCUT2D eigenvalue weighted by Crippen LogP contribution is -2.12. The maximum Gasteiger partial charge on any atom is 0.322 e. The molecule has 2 aromatic heterocycles. The van der Waals surface area contributed by atoms with E-state index in [1.165, 1.54) is 10.7 Å². The highest BCUT2D eigenvalue weighted by Crippen LogP contribution is 2.21. The predicted octanol–water partition coefficient (Wildman–Crippen LogP) is 1.02. The first kappa shape index (κ1) is 13.7. The van der Waals surface area contributed by atoms with Crippen LogP contribution in [0.2, 0.25) is 5.15 Å². The smallest absolute Gasteiger partial charge is 0.322 e. The molecule has 0 saturated heterocycles. The largest absolute Gasteiger partial charge is 0.461 e. The molecule has 0 radical (unpaired) electrons. The zero-order valence-corrected chi connectivity index (χ0v) is 10.3. The summed E-state index contributed by atoms with van der Waals surface area (Å²) in [4.78, 5) is 3.82. The Morgan fingerprint density at radius 2 is 2.16 bits per heavy atom. The number of aromatic nitrogens is 4. The summed E-state index contributed by atoms with van der Waals surface area (Å²) in [5.41, 5.74) is 6.15. The molecule has 2 heterocycles. The van der Waals surface area contributed by atoms with Gasteiger partial charge in [0.2, 0.25) is 0 Å². The summed E-state index contributed by atoms with van der Waals surface area (Å²) in [5.74, 6) is 0. The van der Waals surface area contributed by atoms with Crippen molar-refractivity contribution in [3.8, 4) is 6.01 Å². The number of hydrogen-bond acceptors (Lipinski definition) is 6. The van der Waals surface area contributed by atoms with Gasteiger partial charge >= 0.3 is 6.01 Å². The first-order chi connectivity index (χ1) is 9.09. The second kappa shape index (κ2) is 5.93. The molecule has 0 saturated carbocycles. The van der Waals surface area contributed by atoms with E-state index in [-0.39, 0.29) is 30.1 Å². The molecule has 2 aromatic rings. The SMILES string of the molecule is Nc1c(Cl)ncn2c(OCCOCC(F)F)nnc12. The molecule has 0 aromatic carbocycles. The average molecular weight is 294 g/mol. The molecule has 0 amide bonds. The lowest BCUT2D eigenvalue weighted by Gasteiger charge is -2.05. The lowest BCUT2D eigenvalue weighted by atomic mass is 10.5. The van der Waals surface area contributed by atoms with Crippen molar-refractivity contribution in [1.29, 1.82) is 0 Å². The molecule has 0 fully saturated rings. The Morgan fingerprint density at radius 1 is 1.37 bits per heavy atom. The molecule has 7 nitrogen and oxygen atoms in total. The van der Waals surface area contributed by atoms with E-state index >= 15 is 0 Å². The predicted molar refractivity (Wildman–Crippen MR) is 62.5 cm³/mol. The third-order valence-electron chi connectivity index (χ3n) is 2.12. The van der Waals surface area contributed by atoms with Gasteiger partial charge in [-0.3, -0.25) is 0 Å². The first-order valence-corrected chi connectivity index (χ1v) is 5.60. The zero-order chi connectivity index (χ0) is 13.8. The van der Waals surface area contributed by atoms with E-state index in [1.807, 2.05) is 0 Å². The number of ether oxygens (including phenoxy) is 2. The van der Waals surface area contributed by atoms with Gasteiger partial charge in [0, 0.05) is 0 Å². The van der Waals surface area contributed by atoms with Crippen molar-refractivity contribution < 1.29 is 18.3 Å². The van der Waals surface area contributed by atoms with Crippen LogP contribution in [0.15, 0.2) is 6.33 Å². The van der Waals surface area contributed by atoms with Crippen LogP contribution in [0.4, 0.5) is 14.5 Å². The van der Waals surface area contributed by atoms with Crippen LogP contribution in [0.5, 0.6) is 6.01 Å². The molecule has 0 aliphatic carbocycles. The fourth-order valence-corrected chi connectivity index (χ4v) is 1.43. The van der Waals surface area contributed by atoms with Crippen LogP contribution < -0.4 is 10.5 Å². The van der Waals surface area contributed by atoms with Gasteiger partial charge in [-0.15, -0.1) is 5.10 Å². The van der Waals surface area contributed by atoms with Crippen molar-refractivity contribution in [3.05, 3.63) is 11.5 Å². The van der Waals surface area contributed by atoms with E-state index < -0.39 is 13.0 Å². The second-order valence-electron chi connectivity index (χ2n) is 3.44. The van der Waals surface area contributed by atoms with E-state index in [4.69, 9.17) is 22.1 Å². The third kappa shape index (κ3) is 3.18. The molecule has 2 rings (SSSR count). The Balaban J connectivity index is 1.96. The Hall–Kier alpha value is -1.74. The lowest BCUT2D eigenvalue weighted by molar-refractivity contribution is 0.00666. The summed E-state index contributed by atoms with van der Waals surface area (Å²) < 4.78 is 34.9. The monoisotopic (exact) mass is 293 g/mol. The highest BCUT2D eigenvalue weighted by molar-refractivity contribution is 6.32. The van der Waals surface area contributed by atoms with Crippen LogP contribution in [-0.2, 0) is 4.74 Å². The molecular formula is C9H10ClF2N5O2. The number of fused-ring (bicyclic) bond motifs is 1. The van der Waals surface area contributed by atoms with Crippen molar-refractivity contribution in [2.45, 2.75) is 6.43 Å². The number of hydrogen-bond donors (Lipinski definition) is 1. The van der Waals surface area contributed by atoms with E-state index in [0.29, 0.717) is 5.65 Å². The molecule has 0 unspecified atom stereocenters. The van der Waals surface area contributed by atoms with Crippen LogP contribution in [0.3, 0.4) is 0 Å². The third-order valence-corrected chi connectivity index (χ3v) is 2.42. The average Bonchev–Trinajstić information content (AvgIpc) is 2.77. The second-order valence-corrected chi connectivity index (χ2v) is 3.80. The maximum absolute atomic E-state index is 11.8. The Morgan fingerprint density at radius 3 is 2.89 bits per heavy atom. The molecule has 19 heavy (non-hydrogen) atoms. The van der Waals surface area contributed by atoms with E-state index in [0.717, 1.165) is 0 Å². The molecule has 10 heteroatoms. The van der Waals surface area contributed by atoms with Gasteiger partial charge in [-0.1, -0.05) is 16.7 Å². The van der Waals surface area contributed by atoms with Gasteiger partial charge in [0.25, 0.3) is 6.43 Å². The summed E-state index contributed by atoms with van der Waals surface area (Å²) in [6, 6.07) is 0.131. The van der Waals surface area contributed by atoms with Gasteiger partial charge in [-0.25, -0.2) is 18.2 Å². The molecule has 0 spiro atoms. The Labute approximate surface area is 111 Å². The van der Waals surface area contributed by atoms with Crippen molar-refractivity contribution in [2.24, 2.45) is 0 Å². The molecule has 0 atom stereocenters. The summed E-state index contributed by atoms with van der Waals surface area (Å²) in [6.07, 6.45) is -1.15. The van der Waals surface area contributed by atoms with E-state index in [2.05, 4.69) is 19.9 Å². The number of rotatable bonds is 6. The minimum absolute atomic E-state index is 0.00968. The first-order valence-electron chi connectivity index (χ1n) is 5.23. The van der Waals surface area contributed by atoms with Crippen LogP contribution in [0.1, 0.15) is 0 Å². The summed E-state index contributed by atoms with van der Waals surface area (Å²) in [7, 11) is 0. The van der Waals surface area contributed by atoms with Crippen molar-refractivity contribution in [2.75, 3.05) is 25.6 Å². The standard InChI is InChI=1S/C9H10ClF2N5O2/c10-7-6(13)8-15-16-9(17(8)4-14-7)19-2-1-18-3-5(11)12/h4-5H,1-3,13H2. The zero-order valence-electron chi connectivity index (χ0n) is 9.59. The van der Waals surface area contributed by atoms with Crippen molar-refractivity contribution in [3.63, 3.8) is 0 Å². The van der Waals surface area contributed by atoms with Crippen LogP contribution in [-0.4, -0.2) is 45.8 Å². The van der Waals surface area contributed by atoms with Gasteiger partial charge < -0.3 is 15.2 Å². The van der Waals surface area contributed by atoms with Crippen molar-refractivity contribution in [1.82, 2.24) is 19.6 Å². The maximum atomic E-state index is 11.8. The summed E-state index contributed by atoms with van der Waals surface area (Å²) >= 11 is 5.72. The fourth-order valence-electron chi connectivity index (χ4n) is 1.30. The fraction of sp³-hybridized carbons (Fsp3) is 0.444. The minimum Gasteiger partial charge on any atom is -0.461 e. The number of halogens is 3. The number of alkyl halides is 2. The quantitative estimate of drug-likeness (QED) is 0.632. The molecule has 0 aliphatic heterocycles. The minimum atomic E-state index is -2.50. The van der Waals surface area contributed by atoms with Gasteiger partial charge in [0.05, 0.1) is 6.61 Å². The summed E-state index contributed by atoms with van der Waals surface area (Å²) in [6.45, 7) is -0.570. The van der Waals surface area contributed by atoms with Gasteiger partial charge in [-0.05, 0) is 0 Å². The highest BCUT2D eigenvalue weighted by Gasteiger charge is 2.12. The van der Waals surface area contributed by atoms with Gasteiger partial charge in [0.15, 0.2) is 10.8 Å². The van der Waals surface area contributed by atoms with E-state index in [9.17, 15) is 8.78 Å². The molecule has 104 valence electrons. The van der Waals surface area contributed by atoms with Gasteiger partial charge in [-0.2, -0.15) is 0 Å². The Bertz CT molecular complexity index is 565. The molecular weight excluding hydrogens is 284 g/mol.